The van der Waals surface area contributed by atoms with E-state index in [1.807, 2.05) is 49.4 Å². The van der Waals surface area contributed by atoms with E-state index in [9.17, 15) is 8.42 Å². The minimum absolute atomic E-state index is 0.280. The van der Waals surface area contributed by atoms with Crippen LogP contribution in [-0.2, 0) is 10.0 Å². The lowest BCUT2D eigenvalue weighted by molar-refractivity contribution is 0.600. The van der Waals surface area contributed by atoms with Gasteiger partial charge >= 0.3 is 0 Å². The summed E-state index contributed by atoms with van der Waals surface area (Å²) in [4.78, 5) is 0.280. The summed E-state index contributed by atoms with van der Waals surface area (Å²) < 4.78 is 29.1. The Bertz CT molecular complexity index is 992. The van der Waals surface area contributed by atoms with E-state index in [1.54, 1.807) is 19.1 Å². The summed E-state index contributed by atoms with van der Waals surface area (Å²) in [6.45, 7) is 3.74. The van der Waals surface area contributed by atoms with Gasteiger partial charge in [0.15, 0.2) is 0 Å². The van der Waals surface area contributed by atoms with E-state index in [1.165, 1.54) is 0 Å². The molecule has 3 rings (SSSR count). The highest BCUT2D eigenvalue weighted by atomic mass is 79.9. The summed E-state index contributed by atoms with van der Waals surface area (Å²) in [5.74, 6) is 0. The molecule has 3 aromatic rings. The zero-order valence-electron chi connectivity index (χ0n) is 12.8. The molecule has 0 radical (unpaired) electrons. The fraction of sp³-hybridized carbons (Fsp3) is 0.111. The smallest absolute Gasteiger partial charge is 0.262 e. The van der Waals surface area contributed by atoms with Gasteiger partial charge in [-0.1, -0.05) is 58.4 Å². The first kappa shape index (κ1) is 16.0. The molecular formula is C18H16BrNO2S. The number of rotatable bonds is 3. The Morgan fingerprint density at radius 3 is 2.39 bits per heavy atom. The van der Waals surface area contributed by atoms with E-state index in [0.717, 1.165) is 26.4 Å². The molecule has 0 aromatic heterocycles. The molecule has 0 fully saturated rings. The van der Waals surface area contributed by atoms with Crippen molar-refractivity contribution >= 4 is 42.4 Å². The Balaban J connectivity index is 2.09. The van der Waals surface area contributed by atoms with Gasteiger partial charge in [-0.2, -0.15) is 0 Å². The van der Waals surface area contributed by atoms with Crippen LogP contribution in [0.15, 0.2) is 64.0 Å². The van der Waals surface area contributed by atoms with Crippen LogP contribution in [0.2, 0.25) is 0 Å². The number of halogens is 1. The van der Waals surface area contributed by atoms with Gasteiger partial charge in [0.25, 0.3) is 10.0 Å². The van der Waals surface area contributed by atoms with Crippen LogP contribution < -0.4 is 4.72 Å². The number of aryl methyl sites for hydroxylation is 2. The lowest BCUT2D eigenvalue weighted by Gasteiger charge is -2.13. The third-order valence-corrected chi connectivity index (χ3v) is 6.14. The van der Waals surface area contributed by atoms with Gasteiger partial charge in [-0.3, -0.25) is 4.72 Å². The maximum atomic E-state index is 12.8. The molecular weight excluding hydrogens is 374 g/mol. The normalized spacial score (nSPS) is 11.6. The van der Waals surface area contributed by atoms with Crippen LogP contribution in [0, 0.1) is 13.8 Å². The van der Waals surface area contributed by atoms with E-state index >= 15 is 0 Å². The zero-order chi connectivity index (χ0) is 16.6. The lowest BCUT2D eigenvalue weighted by atomic mass is 10.1. The van der Waals surface area contributed by atoms with E-state index < -0.39 is 10.0 Å². The van der Waals surface area contributed by atoms with Gasteiger partial charge < -0.3 is 0 Å². The third kappa shape index (κ3) is 3.12. The Morgan fingerprint density at radius 1 is 0.913 bits per heavy atom. The van der Waals surface area contributed by atoms with Crippen molar-refractivity contribution in [3.63, 3.8) is 0 Å². The van der Waals surface area contributed by atoms with E-state index in [0.29, 0.717) is 5.69 Å². The van der Waals surface area contributed by atoms with Crippen molar-refractivity contribution in [3.05, 3.63) is 70.2 Å². The first-order valence-corrected chi connectivity index (χ1v) is 9.43. The maximum Gasteiger partial charge on any atom is 0.262 e. The van der Waals surface area contributed by atoms with Gasteiger partial charge in [0.2, 0.25) is 0 Å². The lowest BCUT2D eigenvalue weighted by Crippen LogP contribution is -2.14. The maximum absolute atomic E-state index is 12.8. The van der Waals surface area contributed by atoms with Crippen molar-refractivity contribution in [1.29, 1.82) is 0 Å². The largest absolute Gasteiger partial charge is 0.279 e. The van der Waals surface area contributed by atoms with Gasteiger partial charge in [-0.05, 0) is 42.5 Å². The van der Waals surface area contributed by atoms with Gasteiger partial charge in [0.05, 0.1) is 10.6 Å². The highest BCUT2D eigenvalue weighted by Crippen LogP contribution is 2.29. The fourth-order valence-corrected chi connectivity index (χ4v) is 4.44. The molecule has 0 spiro atoms. The summed E-state index contributed by atoms with van der Waals surface area (Å²) >= 11 is 3.41. The Hall–Kier alpha value is -1.85. The standard InChI is InChI=1S/C18H16BrNO2S/c1-12-10-13(2)18(11-16(12)19)23(21,22)20-17-9-5-7-14-6-3-4-8-15(14)17/h3-11,20H,1-2H3. The molecule has 0 unspecified atom stereocenters. The Kier molecular flexibility index (Phi) is 4.17. The molecule has 23 heavy (non-hydrogen) atoms. The molecule has 3 nitrogen and oxygen atoms in total. The van der Waals surface area contributed by atoms with Crippen molar-refractivity contribution in [1.82, 2.24) is 0 Å². The number of fused-ring (bicyclic) bond motifs is 1. The number of hydrogen-bond donors (Lipinski definition) is 1. The molecule has 0 heterocycles. The van der Waals surface area contributed by atoms with Crippen LogP contribution in [0.5, 0.6) is 0 Å². The Labute approximate surface area is 144 Å². The number of benzene rings is 3. The van der Waals surface area contributed by atoms with Crippen molar-refractivity contribution in [2.75, 3.05) is 4.72 Å². The molecule has 0 bridgehead atoms. The predicted molar refractivity (Wildman–Crippen MR) is 98.4 cm³/mol. The molecule has 3 aromatic carbocycles. The highest BCUT2D eigenvalue weighted by molar-refractivity contribution is 9.10. The third-order valence-electron chi connectivity index (χ3n) is 3.78. The molecule has 0 atom stereocenters. The van der Waals surface area contributed by atoms with Crippen LogP contribution in [0.25, 0.3) is 10.8 Å². The quantitative estimate of drug-likeness (QED) is 0.683. The van der Waals surface area contributed by atoms with Crippen LogP contribution in [0.3, 0.4) is 0 Å². The topological polar surface area (TPSA) is 46.2 Å². The molecule has 5 heteroatoms. The first-order valence-electron chi connectivity index (χ1n) is 7.16. The zero-order valence-corrected chi connectivity index (χ0v) is 15.2. The van der Waals surface area contributed by atoms with Crippen molar-refractivity contribution < 1.29 is 8.42 Å². The molecule has 0 saturated heterocycles. The fourth-order valence-electron chi connectivity index (χ4n) is 2.61. The number of hydrogen-bond acceptors (Lipinski definition) is 2. The van der Waals surface area contributed by atoms with E-state index in [2.05, 4.69) is 20.7 Å². The molecule has 0 amide bonds. The number of sulfonamides is 1. The molecule has 1 N–H and O–H groups in total. The van der Waals surface area contributed by atoms with Crippen LogP contribution in [0.1, 0.15) is 11.1 Å². The summed E-state index contributed by atoms with van der Waals surface area (Å²) in [5.41, 5.74) is 2.31. The summed E-state index contributed by atoms with van der Waals surface area (Å²) in [7, 11) is -3.65. The minimum Gasteiger partial charge on any atom is -0.279 e. The van der Waals surface area contributed by atoms with Crippen LogP contribution >= 0.6 is 15.9 Å². The van der Waals surface area contributed by atoms with Gasteiger partial charge in [0.1, 0.15) is 0 Å². The second-order valence-electron chi connectivity index (χ2n) is 5.50. The average Bonchev–Trinajstić information content (AvgIpc) is 2.51. The number of nitrogens with one attached hydrogen (secondary N) is 1. The number of anilines is 1. The van der Waals surface area contributed by atoms with Crippen molar-refractivity contribution in [3.8, 4) is 0 Å². The molecule has 0 saturated carbocycles. The molecule has 0 aliphatic carbocycles. The van der Waals surface area contributed by atoms with Crippen molar-refractivity contribution in [2.45, 2.75) is 18.7 Å². The monoisotopic (exact) mass is 389 g/mol. The predicted octanol–water partition coefficient (Wildman–Crippen LogP) is 5.02. The van der Waals surface area contributed by atoms with E-state index in [4.69, 9.17) is 0 Å². The SMILES string of the molecule is Cc1cc(C)c(S(=O)(=O)Nc2cccc3ccccc23)cc1Br. The van der Waals surface area contributed by atoms with E-state index in [-0.39, 0.29) is 4.90 Å². The second-order valence-corrected chi connectivity index (χ2v) is 8.00. The van der Waals surface area contributed by atoms with Crippen LogP contribution in [-0.4, -0.2) is 8.42 Å². The first-order chi connectivity index (χ1) is 10.9. The van der Waals surface area contributed by atoms with Crippen molar-refractivity contribution in [2.24, 2.45) is 0 Å². The van der Waals surface area contributed by atoms with Gasteiger partial charge in [-0.25, -0.2) is 8.42 Å². The average molecular weight is 390 g/mol. The van der Waals surface area contributed by atoms with Gasteiger partial charge in [0, 0.05) is 9.86 Å². The van der Waals surface area contributed by atoms with Crippen LogP contribution in [0.4, 0.5) is 5.69 Å². The molecule has 0 aliphatic heterocycles. The molecule has 118 valence electrons. The van der Waals surface area contributed by atoms with Gasteiger partial charge in [-0.15, -0.1) is 0 Å². The molecule has 0 aliphatic rings. The minimum atomic E-state index is -3.65. The highest BCUT2D eigenvalue weighted by Gasteiger charge is 2.19. The summed E-state index contributed by atoms with van der Waals surface area (Å²) in [5, 5.41) is 1.87. The Morgan fingerprint density at radius 2 is 1.61 bits per heavy atom. The summed E-state index contributed by atoms with van der Waals surface area (Å²) in [6.07, 6.45) is 0. The second kappa shape index (κ2) is 5.98. The summed E-state index contributed by atoms with van der Waals surface area (Å²) in [6, 6.07) is 16.8.